The minimum Gasteiger partial charge on any atom is -0.312 e. The smallest absolute Gasteiger partial charge is 0.305 e. The lowest BCUT2D eigenvalue weighted by molar-refractivity contribution is 1.41. The molecule has 64 valence electrons. The molecule has 0 radical (unpaired) electrons. The molecule has 0 saturated heterocycles. The van der Waals surface area contributed by atoms with Gasteiger partial charge in [0.1, 0.15) is 0 Å². The van der Waals surface area contributed by atoms with Crippen molar-refractivity contribution in [1.82, 2.24) is 9.97 Å². The van der Waals surface area contributed by atoms with Crippen molar-refractivity contribution in [3.8, 4) is 0 Å². The molecule has 3 aromatic rings. The molecule has 3 nitrogen and oxygen atoms in total. The fourth-order valence-corrected chi connectivity index (χ4v) is 2.75. The zero-order valence-electron chi connectivity index (χ0n) is 6.40. The molecule has 3 rings (SSSR count). The lowest BCUT2D eigenvalue weighted by atomic mass is 10.3. The Morgan fingerprint density at radius 3 is 3.15 bits per heavy atom. The molecule has 0 aliphatic rings. The number of thiazole rings is 2. The number of nitrogens with one attached hydrogen (secondary N) is 1. The summed E-state index contributed by atoms with van der Waals surface area (Å²) in [7, 11) is 0. The van der Waals surface area contributed by atoms with E-state index in [2.05, 4.69) is 9.97 Å². The Kier molecular flexibility index (Phi) is 1.33. The van der Waals surface area contributed by atoms with Gasteiger partial charge in [-0.1, -0.05) is 11.3 Å². The molecule has 0 fully saturated rings. The lowest BCUT2D eigenvalue weighted by Crippen LogP contribution is -1.89. The van der Waals surface area contributed by atoms with E-state index in [0.29, 0.717) is 0 Å². The maximum absolute atomic E-state index is 11.0. The first-order chi connectivity index (χ1) is 6.33. The number of fused-ring (bicyclic) bond motifs is 2. The highest BCUT2D eigenvalue weighted by Crippen LogP contribution is 2.24. The maximum Gasteiger partial charge on any atom is 0.305 e. The summed E-state index contributed by atoms with van der Waals surface area (Å²) in [5.41, 5.74) is 3.69. The molecule has 13 heavy (non-hydrogen) atoms. The number of aromatic nitrogens is 2. The number of hydrogen-bond acceptors (Lipinski definition) is 4. The topological polar surface area (TPSA) is 45.8 Å². The highest BCUT2D eigenvalue weighted by molar-refractivity contribution is 7.18. The second kappa shape index (κ2) is 2.40. The van der Waals surface area contributed by atoms with Gasteiger partial charge in [0.2, 0.25) is 0 Å². The van der Waals surface area contributed by atoms with Gasteiger partial charge in [-0.2, -0.15) is 0 Å². The van der Waals surface area contributed by atoms with Crippen LogP contribution in [-0.2, 0) is 0 Å². The molecule has 0 amide bonds. The van der Waals surface area contributed by atoms with E-state index in [1.807, 2.05) is 17.6 Å². The van der Waals surface area contributed by atoms with Crippen LogP contribution < -0.4 is 4.87 Å². The van der Waals surface area contributed by atoms with E-state index in [4.69, 9.17) is 0 Å². The number of rotatable bonds is 0. The first kappa shape index (κ1) is 7.23. The third kappa shape index (κ3) is 1.01. The van der Waals surface area contributed by atoms with E-state index >= 15 is 0 Å². The van der Waals surface area contributed by atoms with Crippen LogP contribution >= 0.6 is 22.7 Å². The van der Waals surface area contributed by atoms with Crippen LogP contribution in [0, 0.1) is 0 Å². The first-order valence-corrected chi connectivity index (χ1v) is 5.38. The van der Waals surface area contributed by atoms with Crippen LogP contribution in [0.2, 0.25) is 0 Å². The molecule has 0 bridgehead atoms. The summed E-state index contributed by atoms with van der Waals surface area (Å²) in [5, 5.41) is 0. The standard InChI is InChI=1S/C8H4N2OS2/c11-8-10-5-2-6-4(9-3-12-6)1-7(5)13-8/h1-3H,(H,10,11). The monoisotopic (exact) mass is 208 g/mol. The van der Waals surface area contributed by atoms with Gasteiger partial charge in [-0.05, 0) is 12.1 Å². The SMILES string of the molecule is O=c1[nH]c2cc3scnc3cc2s1. The van der Waals surface area contributed by atoms with Crippen LogP contribution in [0.3, 0.4) is 0 Å². The number of aromatic amines is 1. The van der Waals surface area contributed by atoms with E-state index in [0.717, 1.165) is 20.4 Å². The number of nitrogens with zero attached hydrogens (tertiary/aromatic N) is 1. The predicted molar refractivity (Wildman–Crippen MR) is 55.6 cm³/mol. The lowest BCUT2D eigenvalue weighted by Gasteiger charge is -1.87. The summed E-state index contributed by atoms with van der Waals surface area (Å²) in [6.45, 7) is 0. The molecule has 0 saturated carbocycles. The van der Waals surface area contributed by atoms with Gasteiger partial charge in [-0.3, -0.25) is 4.79 Å². The molecule has 0 aliphatic carbocycles. The minimum absolute atomic E-state index is 0.00680. The van der Waals surface area contributed by atoms with Crippen molar-refractivity contribution in [2.24, 2.45) is 0 Å². The third-order valence-electron chi connectivity index (χ3n) is 1.87. The molecular weight excluding hydrogens is 204 g/mol. The van der Waals surface area contributed by atoms with Crippen molar-refractivity contribution >= 4 is 43.1 Å². The maximum atomic E-state index is 11.0. The number of H-pyrrole nitrogens is 1. The molecule has 0 unspecified atom stereocenters. The van der Waals surface area contributed by atoms with E-state index in [1.165, 1.54) is 11.3 Å². The van der Waals surface area contributed by atoms with Crippen molar-refractivity contribution in [2.45, 2.75) is 0 Å². The van der Waals surface area contributed by atoms with Crippen LogP contribution in [-0.4, -0.2) is 9.97 Å². The van der Waals surface area contributed by atoms with Crippen LogP contribution in [0.15, 0.2) is 22.4 Å². The van der Waals surface area contributed by atoms with Gasteiger partial charge in [0.05, 0.1) is 25.9 Å². The van der Waals surface area contributed by atoms with Crippen molar-refractivity contribution in [2.75, 3.05) is 0 Å². The quantitative estimate of drug-likeness (QED) is 0.615. The summed E-state index contributed by atoms with van der Waals surface area (Å²) in [6, 6.07) is 3.92. The second-order valence-corrected chi connectivity index (χ2v) is 4.58. The Balaban J connectivity index is 2.62. The average Bonchev–Trinajstić information content (AvgIpc) is 2.63. The average molecular weight is 208 g/mol. The molecule has 1 aromatic carbocycles. The Hall–Kier alpha value is -1.20. The second-order valence-electron chi connectivity index (χ2n) is 2.68. The molecule has 2 heterocycles. The molecule has 2 aromatic heterocycles. The van der Waals surface area contributed by atoms with Crippen LogP contribution in [0.1, 0.15) is 0 Å². The molecule has 0 atom stereocenters. The molecular formula is C8H4N2OS2. The third-order valence-corrected chi connectivity index (χ3v) is 3.51. The molecule has 5 heteroatoms. The van der Waals surface area contributed by atoms with Gasteiger partial charge >= 0.3 is 4.87 Å². The zero-order chi connectivity index (χ0) is 8.84. The highest BCUT2D eigenvalue weighted by atomic mass is 32.1. The summed E-state index contributed by atoms with van der Waals surface area (Å²) >= 11 is 2.81. The minimum atomic E-state index is -0.00680. The van der Waals surface area contributed by atoms with Crippen LogP contribution in [0.4, 0.5) is 0 Å². The normalized spacial score (nSPS) is 11.4. The van der Waals surface area contributed by atoms with Gasteiger partial charge in [-0.15, -0.1) is 11.3 Å². The van der Waals surface area contributed by atoms with Gasteiger partial charge in [0, 0.05) is 0 Å². The van der Waals surface area contributed by atoms with Crippen LogP contribution in [0.25, 0.3) is 20.4 Å². The first-order valence-electron chi connectivity index (χ1n) is 3.69. The van der Waals surface area contributed by atoms with E-state index in [1.54, 1.807) is 11.3 Å². The number of hydrogen-bond donors (Lipinski definition) is 1. The van der Waals surface area contributed by atoms with Gasteiger partial charge in [0.25, 0.3) is 0 Å². The summed E-state index contributed by atoms with van der Waals surface area (Å²) < 4.78 is 2.09. The van der Waals surface area contributed by atoms with E-state index in [-0.39, 0.29) is 4.87 Å². The Labute approximate surface area is 80.7 Å². The summed E-state index contributed by atoms with van der Waals surface area (Å²) in [4.78, 5) is 18.0. The zero-order valence-corrected chi connectivity index (χ0v) is 8.04. The number of benzene rings is 1. The summed E-state index contributed by atoms with van der Waals surface area (Å²) in [6.07, 6.45) is 0. The molecule has 0 aliphatic heterocycles. The Morgan fingerprint density at radius 2 is 2.23 bits per heavy atom. The van der Waals surface area contributed by atoms with E-state index < -0.39 is 0 Å². The Morgan fingerprint density at radius 1 is 1.31 bits per heavy atom. The van der Waals surface area contributed by atoms with Crippen molar-refractivity contribution < 1.29 is 0 Å². The van der Waals surface area contributed by atoms with Crippen molar-refractivity contribution in [3.63, 3.8) is 0 Å². The van der Waals surface area contributed by atoms with Gasteiger partial charge in [0.15, 0.2) is 0 Å². The van der Waals surface area contributed by atoms with Gasteiger partial charge < -0.3 is 4.98 Å². The van der Waals surface area contributed by atoms with Crippen molar-refractivity contribution in [1.29, 1.82) is 0 Å². The fraction of sp³-hybridized carbons (Fsp3) is 0. The molecule has 0 spiro atoms. The summed E-state index contributed by atoms with van der Waals surface area (Å²) in [5.74, 6) is 0. The fourth-order valence-electron chi connectivity index (χ4n) is 1.30. The molecule has 1 N–H and O–H groups in total. The van der Waals surface area contributed by atoms with Crippen LogP contribution in [0.5, 0.6) is 0 Å². The van der Waals surface area contributed by atoms with Crippen molar-refractivity contribution in [3.05, 3.63) is 27.3 Å². The van der Waals surface area contributed by atoms with E-state index in [9.17, 15) is 4.79 Å². The van der Waals surface area contributed by atoms with Gasteiger partial charge in [-0.25, -0.2) is 4.98 Å². The predicted octanol–water partition coefficient (Wildman–Crippen LogP) is 2.20. The highest BCUT2D eigenvalue weighted by Gasteiger charge is 2.02. The largest absolute Gasteiger partial charge is 0.312 e. The Bertz CT molecular complexity index is 583.